The highest BCUT2D eigenvalue weighted by Crippen LogP contribution is 2.15. The van der Waals surface area contributed by atoms with Crippen LogP contribution in [0.2, 0.25) is 0 Å². The highest BCUT2D eigenvalue weighted by molar-refractivity contribution is 5.95. The van der Waals surface area contributed by atoms with Gasteiger partial charge in [0.1, 0.15) is 0 Å². The van der Waals surface area contributed by atoms with Crippen molar-refractivity contribution in [2.45, 2.75) is 26.3 Å². The quantitative estimate of drug-likeness (QED) is 0.633. The zero-order valence-corrected chi connectivity index (χ0v) is 12.4. The Balaban J connectivity index is 2.24. The molecule has 0 amide bonds. The van der Waals surface area contributed by atoms with Crippen LogP contribution in [-0.4, -0.2) is 14.9 Å². The Bertz CT molecular complexity index is 767. The molecule has 0 bridgehead atoms. The maximum Gasteiger partial charge on any atom is 0.316 e. The molecule has 0 atom stereocenters. The number of carbonyl (C=O) groups excluding carboxylic acids is 1. The van der Waals surface area contributed by atoms with Crippen LogP contribution in [-0.2, 0) is 13.6 Å². The van der Waals surface area contributed by atoms with E-state index in [0.717, 1.165) is 10.1 Å². The Morgan fingerprint density at radius 2 is 1.67 bits per heavy atom. The van der Waals surface area contributed by atoms with E-state index in [1.165, 1.54) is 24.0 Å². The average molecular weight is 286 g/mol. The number of carbonyl (C=O) groups is 1. The molecule has 5 heteroatoms. The van der Waals surface area contributed by atoms with E-state index in [9.17, 15) is 14.4 Å². The maximum absolute atomic E-state index is 12.2. The van der Waals surface area contributed by atoms with Gasteiger partial charge in [-0.25, -0.2) is 0 Å². The van der Waals surface area contributed by atoms with Crippen molar-refractivity contribution in [1.82, 2.24) is 9.13 Å². The van der Waals surface area contributed by atoms with Gasteiger partial charge in [-0.05, 0) is 11.5 Å². The van der Waals surface area contributed by atoms with Crippen LogP contribution >= 0.6 is 0 Å². The molecule has 1 aromatic heterocycles. The molecule has 1 aromatic carbocycles. The van der Waals surface area contributed by atoms with Gasteiger partial charge in [-0.2, -0.15) is 0 Å². The van der Waals surface area contributed by atoms with E-state index in [2.05, 4.69) is 13.8 Å². The summed E-state index contributed by atoms with van der Waals surface area (Å²) < 4.78 is 2.34. The number of aromatic nitrogens is 2. The van der Waals surface area contributed by atoms with Gasteiger partial charge in [-0.15, -0.1) is 0 Å². The van der Waals surface area contributed by atoms with Gasteiger partial charge >= 0.3 is 11.1 Å². The zero-order chi connectivity index (χ0) is 15.6. The molecule has 110 valence electrons. The van der Waals surface area contributed by atoms with Gasteiger partial charge < -0.3 is 9.13 Å². The number of Topliss-reactive ketones (excluding diaryl/α,β-unsaturated/α-hetero) is 1. The van der Waals surface area contributed by atoms with E-state index >= 15 is 0 Å². The fourth-order valence-corrected chi connectivity index (χ4v) is 2.01. The third kappa shape index (κ3) is 3.18. The minimum atomic E-state index is -0.688. The predicted molar refractivity (Wildman–Crippen MR) is 80.8 cm³/mol. The van der Waals surface area contributed by atoms with Gasteiger partial charge in [0.05, 0.1) is 6.54 Å². The van der Waals surface area contributed by atoms with Gasteiger partial charge in [0.15, 0.2) is 5.78 Å². The second-order valence-electron chi connectivity index (χ2n) is 5.35. The Morgan fingerprint density at radius 1 is 1.05 bits per heavy atom. The molecule has 0 N–H and O–H groups in total. The molecule has 21 heavy (non-hydrogen) atoms. The fraction of sp³-hybridized carbons (Fsp3) is 0.312. The van der Waals surface area contributed by atoms with E-state index in [-0.39, 0.29) is 12.3 Å². The molecule has 2 aromatic rings. The lowest BCUT2D eigenvalue weighted by Crippen LogP contribution is -2.40. The van der Waals surface area contributed by atoms with Crippen molar-refractivity contribution >= 4 is 5.78 Å². The molecule has 1 heterocycles. The molecule has 0 aliphatic rings. The topological polar surface area (TPSA) is 61.1 Å². The Labute approximate surface area is 122 Å². The van der Waals surface area contributed by atoms with E-state index in [1.807, 2.05) is 12.1 Å². The van der Waals surface area contributed by atoms with E-state index in [4.69, 9.17) is 0 Å². The first-order valence-electron chi connectivity index (χ1n) is 6.79. The van der Waals surface area contributed by atoms with Crippen LogP contribution in [0.5, 0.6) is 0 Å². The molecule has 0 saturated carbocycles. The minimum Gasteiger partial charge on any atom is -0.312 e. The summed E-state index contributed by atoms with van der Waals surface area (Å²) in [6.45, 7) is 4.03. The Hall–Kier alpha value is -2.43. The lowest BCUT2D eigenvalue weighted by molar-refractivity contribution is 0.0970. The lowest BCUT2D eigenvalue weighted by atomic mass is 10.0. The lowest BCUT2D eigenvalue weighted by Gasteiger charge is -2.08. The SMILES string of the molecule is CC(C)c1ccc(C(=O)Cn2ccn(C)c(=O)c2=O)cc1. The number of benzene rings is 1. The van der Waals surface area contributed by atoms with Gasteiger partial charge in [-0.3, -0.25) is 14.4 Å². The number of rotatable bonds is 4. The van der Waals surface area contributed by atoms with Crippen LogP contribution in [0.15, 0.2) is 46.2 Å². The van der Waals surface area contributed by atoms with Gasteiger partial charge in [0, 0.05) is 25.0 Å². The number of aryl methyl sites for hydroxylation is 1. The normalized spacial score (nSPS) is 10.9. The number of nitrogens with zero attached hydrogens (tertiary/aromatic N) is 2. The smallest absolute Gasteiger partial charge is 0.312 e. The molecule has 0 radical (unpaired) electrons. The molecular weight excluding hydrogens is 268 g/mol. The first-order chi connectivity index (χ1) is 9.90. The molecular formula is C16H18N2O3. The molecule has 2 rings (SSSR count). The molecule has 5 nitrogen and oxygen atoms in total. The van der Waals surface area contributed by atoms with Crippen molar-refractivity contribution < 1.29 is 4.79 Å². The summed E-state index contributed by atoms with van der Waals surface area (Å²) in [7, 11) is 1.50. The molecule has 0 aliphatic carbocycles. The maximum atomic E-state index is 12.2. The summed E-state index contributed by atoms with van der Waals surface area (Å²) in [6.07, 6.45) is 2.92. The average Bonchev–Trinajstić information content (AvgIpc) is 2.48. The van der Waals surface area contributed by atoms with Gasteiger partial charge in [-0.1, -0.05) is 38.1 Å². The van der Waals surface area contributed by atoms with Crippen molar-refractivity contribution in [2.24, 2.45) is 7.05 Å². The monoisotopic (exact) mass is 286 g/mol. The Kier molecular flexibility index (Phi) is 4.21. The number of hydrogen-bond acceptors (Lipinski definition) is 3. The molecule has 0 spiro atoms. The van der Waals surface area contributed by atoms with Crippen LogP contribution in [0.4, 0.5) is 0 Å². The van der Waals surface area contributed by atoms with Crippen LogP contribution < -0.4 is 11.1 Å². The summed E-state index contributed by atoms with van der Waals surface area (Å²) in [4.78, 5) is 35.5. The minimum absolute atomic E-state index is 0.129. The Morgan fingerprint density at radius 3 is 2.24 bits per heavy atom. The van der Waals surface area contributed by atoms with Crippen LogP contribution in [0.1, 0.15) is 35.7 Å². The first kappa shape index (κ1) is 15.0. The second kappa shape index (κ2) is 5.91. The van der Waals surface area contributed by atoms with Crippen LogP contribution in [0, 0.1) is 0 Å². The van der Waals surface area contributed by atoms with E-state index in [1.54, 1.807) is 12.1 Å². The highest BCUT2D eigenvalue weighted by Gasteiger charge is 2.10. The van der Waals surface area contributed by atoms with Gasteiger partial charge in [0.2, 0.25) is 0 Å². The first-order valence-corrected chi connectivity index (χ1v) is 6.79. The summed E-state index contributed by atoms with van der Waals surface area (Å²) in [6, 6.07) is 7.32. The van der Waals surface area contributed by atoms with Crippen molar-refractivity contribution in [3.8, 4) is 0 Å². The summed E-state index contributed by atoms with van der Waals surface area (Å²) >= 11 is 0. The third-order valence-electron chi connectivity index (χ3n) is 3.45. The third-order valence-corrected chi connectivity index (χ3v) is 3.45. The fourth-order valence-electron chi connectivity index (χ4n) is 2.01. The molecule has 0 fully saturated rings. The summed E-state index contributed by atoms with van der Waals surface area (Å²) in [5.74, 6) is 0.203. The summed E-state index contributed by atoms with van der Waals surface area (Å²) in [5.41, 5.74) is 0.358. The van der Waals surface area contributed by atoms with Crippen molar-refractivity contribution in [3.63, 3.8) is 0 Å². The van der Waals surface area contributed by atoms with Crippen LogP contribution in [0.25, 0.3) is 0 Å². The zero-order valence-electron chi connectivity index (χ0n) is 12.4. The van der Waals surface area contributed by atoms with Gasteiger partial charge in [0.25, 0.3) is 0 Å². The number of ketones is 1. The van der Waals surface area contributed by atoms with Crippen molar-refractivity contribution in [2.75, 3.05) is 0 Å². The van der Waals surface area contributed by atoms with E-state index < -0.39 is 11.1 Å². The van der Waals surface area contributed by atoms with Crippen LogP contribution in [0.3, 0.4) is 0 Å². The largest absolute Gasteiger partial charge is 0.316 e. The molecule has 0 saturated heterocycles. The van der Waals surface area contributed by atoms with Crippen molar-refractivity contribution in [1.29, 1.82) is 0 Å². The standard InChI is InChI=1S/C16H18N2O3/c1-11(2)12-4-6-13(7-5-12)14(19)10-18-9-8-17(3)15(20)16(18)21/h4-9,11H,10H2,1-3H3. The number of hydrogen-bond donors (Lipinski definition) is 0. The molecule has 0 unspecified atom stereocenters. The second-order valence-corrected chi connectivity index (χ2v) is 5.35. The molecule has 0 aliphatic heterocycles. The van der Waals surface area contributed by atoms with E-state index in [0.29, 0.717) is 11.5 Å². The predicted octanol–water partition coefficient (Wildman–Crippen LogP) is 1.55. The van der Waals surface area contributed by atoms with Crippen molar-refractivity contribution in [3.05, 3.63) is 68.5 Å². The highest BCUT2D eigenvalue weighted by atomic mass is 16.2. The summed E-state index contributed by atoms with van der Waals surface area (Å²) in [5, 5.41) is 0.